The van der Waals surface area contributed by atoms with E-state index < -0.39 is 0 Å². The van der Waals surface area contributed by atoms with Crippen molar-refractivity contribution in [2.75, 3.05) is 6.54 Å². The molecule has 0 heterocycles. The zero-order chi connectivity index (χ0) is 8.39. The minimum absolute atomic E-state index is 0.812. The van der Waals surface area contributed by atoms with Gasteiger partial charge in [0.15, 0.2) is 0 Å². The van der Waals surface area contributed by atoms with Crippen LogP contribution in [0.2, 0.25) is 0 Å². The lowest BCUT2D eigenvalue weighted by Gasteiger charge is -2.04. The summed E-state index contributed by atoms with van der Waals surface area (Å²) in [6.45, 7) is 0.832. The highest BCUT2D eigenvalue weighted by molar-refractivity contribution is 5.31. The third-order valence-electron chi connectivity index (χ3n) is 2.71. The molecule has 1 aliphatic carbocycles. The van der Waals surface area contributed by atoms with Gasteiger partial charge in [0.25, 0.3) is 0 Å². The highest BCUT2D eigenvalue weighted by Crippen LogP contribution is 2.27. The fraction of sp³-hybridized carbons (Fsp3) is 0.455. The molecule has 0 radical (unpaired) electrons. The van der Waals surface area contributed by atoms with E-state index in [-0.39, 0.29) is 0 Å². The molecule has 1 nitrogen and oxygen atoms in total. The van der Waals surface area contributed by atoms with Gasteiger partial charge in [-0.1, -0.05) is 24.3 Å². The summed E-state index contributed by atoms with van der Waals surface area (Å²) in [6.07, 6.45) is 3.66. The zero-order valence-electron chi connectivity index (χ0n) is 7.29. The SMILES string of the molecule is NCCC1Cc2ccccc2C1. The Morgan fingerprint density at radius 3 is 2.25 bits per heavy atom. The van der Waals surface area contributed by atoms with Crippen LogP contribution in [-0.4, -0.2) is 6.54 Å². The Morgan fingerprint density at radius 2 is 1.75 bits per heavy atom. The second-order valence-electron chi connectivity index (χ2n) is 3.62. The average Bonchev–Trinajstić information content (AvgIpc) is 2.47. The molecule has 0 saturated carbocycles. The standard InChI is InChI=1S/C11H15N/c12-6-5-9-7-10-3-1-2-4-11(10)8-9/h1-4,9H,5-8,12H2. The second-order valence-corrected chi connectivity index (χ2v) is 3.62. The van der Waals surface area contributed by atoms with E-state index in [2.05, 4.69) is 24.3 Å². The van der Waals surface area contributed by atoms with Crippen molar-refractivity contribution >= 4 is 0 Å². The summed E-state index contributed by atoms with van der Waals surface area (Å²) in [6, 6.07) is 8.74. The van der Waals surface area contributed by atoms with Crippen molar-refractivity contribution in [1.29, 1.82) is 0 Å². The molecule has 2 rings (SSSR count). The molecule has 0 saturated heterocycles. The lowest BCUT2D eigenvalue weighted by atomic mass is 10.0. The van der Waals surface area contributed by atoms with Gasteiger partial charge >= 0.3 is 0 Å². The quantitative estimate of drug-likeness (QED) is 0.702. The van der Waals surface area contributed by atoms with Crippen LogP contribution in [0, 0.1) is 5.92 Å². The van der Waals surface area contributed by atoms with E-state index >= 15 is 0 Å². The van der Waals surface area contributed by atoms with Crippen LogP contribution in [0.25, 0.3) is 0 Å². The minimum atomic E-state index is 0.812. The molecule has 12 heavy (non-hydrogen) atoms. The average molecular weight is 161 g/mol. The number of hydrogen-bond donors (Lipinski definition) is 1. The van der Waals surface area contributed by atoms with Crippen molar-refractivity contribution < 1.29 is 0 Å². The van der Waals surface area contributed by atoms with E-state index in [1.807, 2.05) is 0 Å². The van der Waals surface area contributed by atoms with Crippen LogP contribution < -0.4 is 5.73 Å². The predicted molar refractivity (Wildman–Crippen MR) is 51.0 cm³/mol. The lowest BCUT2D eigenvalue weighted by Crippen LogP contribution is -2.08. The van der Waals surface area contributed by atoms with Gasteiger partial charge in [0.05, 0.1) is 0 Å². The maximum atomic E-state index is 5.54. The Kier molecular flexibility index (Phi) is 2.13. The van der Waals surface area contributed by atoms with Crippen LogP contribution in [0.1, 0.15) is 17.5 Å². The van der Waals surface area contributed by atoms with Crippen molar-refractivity contribution in [3.63, 3.8) is 0 Å². The number of nitrogens with two attached hydrogens (primary N) is 1. The number of hydrogen-bond acceptors (Lipinski definition) is 1. The fourth-order valence-electron chi connectivity index (χ4n) is 2.09. The largest absolute Gasteiger partial charge is 0.330 e. The zero-order valence-corrected chi connectivity index (χ0v) is 7.29. The molecule has 2 N–H and O–H groups in total. The Bertz CT molecular complexity index is 242. The van der Waals surface area contributed by atoms with Crippen molar-refractivity contribution in [2.24, 2.45) is 11.7 Å². The van der Waals surface area contributed by atoms with Gasteiger partial charge in [-0.3, -0.25) is 0 Å². The second kappa shape index (κ2) is 3.28. The summed E-state index contributed by atoms with van der Waals surface area (Å²) in [5.74, 6) is 0.812. The van der Waals surface area contributed by atoms with Gasteiger partial charge in [-0.15, -0.1) is 0 Å². The molecular formula is C11H15N. The summed E-state index contributed by atoms with van der Waals surface area (Å²) < 4.78 is 0. The van der Waals surface area contributed by atoms with Crippen molar-refractivity contribution in [3.8, 4) is 0 Å². The first kappa shape index (κ1) is 7.81. The minimum Gasteiger partial charge on any atom is -0.330 e. The van der Waals surface area contributed by atoms with Gasteiger partial charge in [0.1, 0.15) is 0 Å². The molecule has 1 aromatic carbocycles. The van der Waals surface area contributed by atoms with E-state index in [0.717, 1.165) is 12.5 Å². The van der Waals surface area contributed by atoms with E-state index in [4.69, 9.17) is 5.73 Å². The molecular weight excluding hydrogens is 146 g/mol. The number of rotatable bonds is 2. The fourth-order valence-corrected chi connectivity index (χ4v) is 2.09. The summed E-state index contributed by atoms with van der Waals surface area (Å²) >= 11 is 0. The van der Waals surface area contributed by atoms with Crippen LogP contribution in [0.5, 0.6) is 0 Å². The summed E-state index contributed by atoms with van der Waals surface area (Å²) in [5.41, 5.74) is 8.62. The molecule has 0 aromatic heterocycles. The monoisotopic (exact) mass is 161 g/mol. The topological polar surface area (TPSA) is 26.0 Å². The first-order valence-corrected chi connectivity index (χ1v) is 4.67. The van der Waals surface area contributed by atoms with E-state index in [1.54, 1.807) is 0 Å². The summed E-state index contributed by atoms with van der Waals surface area (Å²) in [5, 5.41) is 0. The highest BCUT2D eigenvalue weighted by Gasteiger charge is 2.19. The van der Waals surface area contributed by atoms with E-state index in [1.165, 1.54) is 30.4 Å². The van der Waals surface area contributed by atoms with Crippen LogP contribution >= 0.6 is 0 Å². The van der Waals surface area contributed by atoms with Crippen LogP contribution in [0.3, 0.4) is 0 Å². The van der Waals surface area contributed by atoms with Crippen LogP contribution in [0.4, 0.5) is 0 Å². The van der Waals surface area contributed by atoms with Crippen LogP contribution in [-0.2, 0) is 12.8 Å². The molecule has 0 atom stereocenters. The van der Waals surface area contributed by atoms with Crippen molar-refractivity contribution in [2.45, 2.75) is 19.3 Å². The molecule has 0 aliphatic heterocycles. The molecule has 64 valence electrons. The molecule has 0 unspecified atom stereocenters. The molecule has 0 amide bonds. The third-order valence-corrected chi connectivity index (χ3v) is 2.71. The van der Waals surface area contributed by atoms with Gasteiger partial charge in [-0.05, 0) is 42.9 Å². The number of fused-ring (bicyclic) bond motifs is 1. The summed E-state index contributed by atoms with van der Waals surface area (Å²) in [7, 11) is 0. The van der Waals surface area contributed by atoms with Gasteiger partial charge in [-0.2, -0.15) is 0 Å². The van der Waals surface area contributed by atoms with Gasteiger partial charge < -0.3 is 5.73 Å². The van der Waals surface area contributed by atoms with Gasteiger partial charge in [0.2, 0.25) is 0 Å². The molecule has 1 heteroatoms. The van der Waals surface area contributed by atoms with Crippen LogP contribution in [0.15, 0.2) is 24.3 Å². The summed E-state index contributed by atoms with van der Waals surface area (Å²) in [4.78, 5) is 0. The third kappa shape index (κ3) is 1.37. The maximum Gasteiger partial charge on any atom is -0.00744 e. The van der Waals surface area contributed by atoms with Gasteiger partial charge in [-0.25, -0.2) is 0 Å². The molecule has 1 aliphatic rings. The Hall–Kier alpha value is -0.820. The number of benzene rings is 1. The van der Waals surface area contributed by atoms with Crippen molar-refractivity contribution in [3.05, 3.63) is 35.4 Å². The van der Waals surface area contributed by atoms with E-state index in [9.17, 15) is 0 Å². The first-order chi connectivity index (χ1) is 5.90. The molecule has 1 aromatic rings. The maximum absolute atomic E-state index is 5.54. The van der Waals surface area contributed by atoms with Crippen molar-refractivity contribution in [1.82, 2.24) is 0 Å². The smallest absolute Gasteiger partial charge is 0.00744 e. The highest BCUT2D eigenvalue weighted by atomic mass is 14.5. The molecule has 0 fully saturated rings. The normalized spacial score (nSPS) is 16.4. The Balaban J connectivity index is 2.11. The molecule has 0 spiro atoms. The first-order valence-electron chi connectivity index (χ1n) is 4.67. The van der Waals surface area contributed by atoms with E-state index in [0.29, 0.717) is 0 Å². The Labute approximate surface area is 73.6 Å². The Morgan fingerprint density at radius 1 is 1.17 bits per heavy atom. The predicted octanol–water partition coefficient (Wildman–Crippen LogP) is 1.75. The lowest BCUT2D eigenvalue weighted by molar-refractivity contribution is 0.522. The van der Waals surface area contributed by atoms with Gasteiger partial charge in [0, 0.05) is 0 Å². The molecule has 0 bridgehead atoms.